The highest BCUT2D eigenvalue weighted by atomic mass is 19.1. The Morgan fingerprint density at radius 3 is 1.22 bits per heavy atom. The van der Waals surface area contributed by atoms with Gasteiger partial charge in [0.1, 0.15) is 11.4 Å². The van der Waals surface area contributed by atoms with Gasteiger partial charge in [-0.05, 0) is 124 Å². The Kier molecular flexibility index (Phi) is 15.1. The predicted molar refractivity (Wildman–Crippen MR) is 294 cm³/mol. The Balaban J connectivity index is 1.47. The third-order valence-corrected chi connectivity index (χ3v) is 13.3. The minimum absolute atomic E-state index is 0.0902. The lowest BCUT2D eigenvalue weighted by Crippen LogP contribution is -2.48. The van der Waals surface area contributed by atoms with Crippen molar-refractivity contribution in [3.63, 3.8) is 0 Å². The van der Waals surface area contributed by atoms with E-state index in [1.165, 1.54) is 54.6 Å². The molecule has 362 valence electrons. The lowest BCUT2D eigenvalue weighted by atomic mass is 9.53. The maximum absolute atomic E-state index is 15.9. The van der Waals surface area contributed by atoms with Crippen LogP contribution in [0.3, 0.4) is 0 Å². The molecule has 0 amide bonds. The average molecular weight is 971 g/mol. The van der Waals surface area contributed by atoms with E-state index in [9.17, 15) is 10.2 Å². The van der Waals surface area contributed by atoms with Gasteiger partial charge in [0.25, 0.3) is 0 Å². The zero-order valence-electron chi connectivity index (χ0n) is 40.3. The Hall–Kier alpha value is -9.17. The molecule has 2 atom stereocenters. The van der Waals surface area contributed by atoms with Gasteiger partial charge in [0.15, 0.2) is 17.3 Å². The van der Waals surface area contributed by atoms with Crippen molar-refractivity contribution < 1.29 is 33.8 Å². The molecule has 6 nitrogen and oxygen atoms in total. The summed E-state index contributed by atoms with van der Waals surface area (Å²) in [5.41, 5.74) is -1.89. The predicted octanol–water partition coefficient (Wildman–Crippen LogP) is 13.8. The highest BCUT2D eigenvalue weighted by Gasteiger charge is 2.62. The van der Waals surface area contributed by atoms with Crippen LogP contribution < -0.4 is 0 Å². The molecule has 0 radical (unpaired) electrons. The van der Waals surface area contributed by atoms with E-state index < -0.39 is 51.6 Å². The van der Waals surface area contributed by atoms with Crippen LogP contribution in [0.25, 0.3) is 42.0 Å². The molecule has 7 aromatic carbocycles. The molecule has 9 rings (SSSR count). The molecule has 1 fully saturated rings. The number of carboxylic acids is 1. The topological polar surface area (TPSA) is 109 Å². The second-order valence-corrected chi connectivity index (χ2v) is 18.2. The number of carbonyl (C=O) groups excluding carboxylic acids is 3. The summed E-state index contributed by atoms with van der Waals surface area (Å²) in [7, 11) is 0. The minimum Gasteiger partial charge on any atom is -0.478 e. The fourth-order valence-electron chi connectivity index (χ4n) is 9.77. The number of ketones is 3. The summed E-state index contributed by atoms with van der Waals surface area (Å²) < 4.78 is 15.3. The third-order valence-electron chi connectivity index (χ3n) is 13.3. The smallest absolute Gasteiger partial charge is 0.335 e. The summed E-state index contributed by atoms with van der Waals surface area (Å²) in [5, 5.41) is 26.4. The Morgan fingerprint density at radius 1 is 0.446 bits per heavy atom. The SMILES string of the molecule is O=C(O)C1=C(C(=Cc2ccccc2)C(=O)C=Cc2ccccc2)C(C(=Cc2ccccc2)C(=O)C=Cc2ccccc2)(C2CC2)C(c2ccc(F)cc2)=CC1(O)C(=Cc1ccccc1)C(=O)C=Cc1ccccc1. The average Bonchev–Trinajstić information content (AvgIpc) is 4.30. The van der Waals surface area contributed by atoms with Crippen molar-refractivity contribution in [3.8, 4) is 0 Å². The van der Waals surface area contributed by atoms with Crippen molar-refractivity contribution in [2.45, 2.75) is 18.4 Å². The normalized spacial score (nSPS) is 18.5. The molecule has 0 spiro atoms. The maximum Gasteiger partial charge on any atom is 0.335 e. The summed E-state index contributed by atoms with van der Waals surface area (Å²) in [6, 6.07) is 59.8. The van der Waals surface area contributed by atoms with Crippen molar-refractivity contribution in [2.24, 2.45) is 11.3 Å². The summed E-state index contributed by atoms with van der Waals surface area (Å²) in [6.07, 6.45) is 16.0. The fraction of sp³-hybridized carbons (Fsp3) is 0.0746. The maximum atomic E-state index is 15.9. The van der Waals surface area contributed by atoms with Gasteiger partial charge in [0, 0.05) is 16.7 Å². The summed E-state index contributed by atoms with van der Waals surface area (Å²) in [5.74, 6) is -4.70. The largest absolute Gasteiger partial charge is 0.478 e. The molecule has 2 N–H and O–H groups in total. The molecule has 2 aliphatic carbocycles. The molecule has 0 heterocycles. The number of allylic oxidation sites excluding steroid dienone is 7. The summed E-state index contributed by atoms with van der Waals surface area (Å²) in [4.78, 5) is 62.0. The van der Waals surface area contributed by atoms with Gasteiger partial charge in [-0.3, -0.25) is 14.4 Å². The van der Waals surface area contributed by atoms with Crippen LogP contribution in [0.4, 0.5) is 4.39 Å². The van der Waals surface area contributed by atoms with Gasteiger partial charge in [-0.15, -0.1) is 0 Å². The van der Waals surface area contributed by atoms with E-state index in [2.05, 4.69) is 0 Å². The standard InChI is InChI=1S/C67H51FO6/c68-55-38-34-53(35-39-55)59-46-66(74,57(44-51-27-15-5-16-28-51)61(70)41-32-48-21-9-2-10-22-48)64(65(72)73)63(56(43-50-25-13-4-14-26-50)60(69)40-31-47-19-7-1-8-20-47)67(59,54-36-37-54)58(45-52-29-17-6-18-30-52)62(71)42-33-49-23-11-3-12-24-49/h1-35,38-46,54,74H,36-37H2,(H,72,73). The zero-order chi connectivity index (χ0) is 51.5. The van der Waals surface area contributed by atoms with Crippen molar-refractivity contribution in [1.82, 2.24) is 0 Å². The van der Waals surface area contributed by atoms with Crippen LogP contribution in [-0.2, 0) is 19.2 Å². The molecule has 7 aromatic rings. The van der Waals surface area contributed by atoms with Gasteiger partial charge in [0.05, 0.1) is 11.0 Å². The Morgan fingerprint density at radius 2 is 0.811 bits per heavy atom. The Bertz CT molecular complexity index is 3440. The number of carbonyl (C=O) groups is 4. The molecule has 7 heteroatoms. The Labute approximate surface area is 430 Å². The van der Waals surface area contributed by atoms with E-state index in [4.69, 9.17) is 0 Å². The highest BCUT2D eigenvalue weighted by molar-refractivity contribution is 6.21. The first-order valence-electron chi connectivity index (χ1n) is 24.4. The molecule has 2 aliphatic rings. The molecule has 2 unspecified atom stereocenters. The molecular weight excluding hydrogens is 920 g/mol. The molecule has 1 saturated carbocycles. The van der Waals surface area contributed by atoms with E-state index >= 15 is 23.6 Å². The first-order valence-corrected chi connectivity index (χ1v) is 24.4. The first-order chi connectivity index (χ1) is 36.0. The molecule has 0 aliphatic heterocycles. The van der Waals surface area contributed by atoms with Gasteiger partial charge in [-0.25, -0.2) is 9.18 Å². The van der Waals surface area contributed by atoms with Crippen LogP contribution in [0, 0.1) is 17.2 Å². The first kappa shape index (κ1) is 49.8. The van der Waals surface area contributed by atoms with Gasteiger partial charge in [-0.2, -0.15) is 0 Å². The van der Waals surface area contributed by atoms with Crippen LogP contribution in [0.15, 0.2) is 258 Å². The third kappa shape index (κ3) is 11.0. The number of hydrogen-bond donors (Lipinski definition) is 2. The lowest BCUT2D eigenvalue weighted by Gasteiger charge is -2.48. The number of aliphatic hydroxyl groups is 1. The quantitative estimate of drug-likeness (QED) is 0.0829. The van der Waals surface area contributed by atoms with Crippen molar-refractivity contribution in [3.05, 3.63) is 303 Å². The zero-order valence-corrected chi connectivity index (χ0v) is 40.3. The van der Waals surface area contributed by atoms with E-state index in [0.29, 0.717) is 46.2 Å². The van der Waals surface area contributed by atoms with Gasteiger partial charge < -0.3 is 10.2 Å². The monoisotopic (exact) mass is 970 g/mol. The number of aliphatic carboxylic acids is 1. The van der Waals surface area contributed by atoms with E-state index in [1.807, 2.05) is 115 Å². The second-order valence-electron chi connectivity index (χ2n) is 18.2. The van der Waals surface area contributed by atoms with Crippen molar-refractivity contribution in [1.29, 1.82) is 0 Å². The molecule has 0 bridgehead atoms. The number of rotatable bonds is 18. The van der Waals surface area contributed by atoms with Crippen LogP contribution in [0.2, 0.25) is 0 Å². The van der Waals surface area contributed by atoms with Crippen LogP contribution in [-0.4, -0.2) is 39.1 Å². The number of hydrogen-bond acceptors (Lipinski definition) is 5. The number of halogens is 1. The number of benzene rings is 7. The minimum atomic E-state index is -2.85. The summed E-state index contributed by atoms with van der Waals surface area (Å²) >= 11 is 0. The molecular formula is C67H51FO6. The van der Waals surface area contributed by atoms with Gasteiger partial charge >= 0.3 is 5.97 Å². The molecule has 74 heavy (non-hydrogen) atoms. The second kappa shape index (κ2) is 22.5. The van der Waals surface area contributed by atoms with E-state index in [1.54, 1.807) is 97.1 Å². The van der Waals surface area contributed by atoms with E-state index in [-0.39, 0.29) is 27.9 Å². The van der Waals surface area contributed by atoms with Crippen molar-refractivity contribution >= 4 is 65.3 Å². The van der Waals surface area contributed by atoms with Gasteiger partial charge in [-0.1, -0.05) is 212 Å². The van der Waals surface area contributed by atoms with Crippen LogP contribution in [0.5, 0.6) is 0 Å². The molecule has 0 aromatic heterocycles. The number of carboxylic acid groups (broad SMARTS) is 1. The van der Waals surface area contributed by atoms with Crippen LogP contribution in [0.1, 0.15) is 51.8 Å². The van der Waals surface area contributed by atoms with E-state index in [0.717, 1.165) is 5.56 Å². The highest BCUT2D eigenvalue weighted by Crippen LogP contribution is 2.67. The van der Waals surface area contributed by atoms with Crippen molar-refractivity contribution in [2.75, 3.05) is 0 Å². The lowest BCUT2D eigenvalue weighted by molar-refractivity contribution is -0.134. The fourth-order valence-corrected chi connectivity index (χ4v) is 9.77. The van der Waals surface area contributed by atoms with Crippen LogP contribution >= 0.6 is 0 Å². The van der Waals surface area contributed by atoms with Gasteiger partial charge in [0.2, 0.25) is 0 Å². The summed E-state index contributed by atoms with van der Waals surface area (Å²) in [6.45, 7) is 0. The molecule has 0 saturated heterocycles.